The molecule has 1 aliphatic heterocycles. The third-order valence-corrected chi connectivity index (χ3v) is 6.38. The van der Waals surface area contributed by atoms with E-state index in [1.165, 1.54) is 23.6 Å². The van der Waals surface area contributed by atoms with Gasteiger partial charge in [0.2, 0.25) is 0 Å². The summed E-state index contributed by atoms with van der Waals surface area (Å²) in [6, 6.07) is 11.7. The van der Waals surface area contributed by atoms with E-state index in [0.29, 0.717) is 21.8 Å². The number of allylic oxidation sites excluding steroid dienone is 1. The second kappa shape index (κ2) is 10.1. The number of benzene rings is 2. The van der Waals surface area contributed by atoms with Crippen LogP contribution >= 0.6 is 11.3 Å². The van der Waals surface area contributed by atoms with Crippen molar-refractivity contribution in [2.24, 2.45) is 4.99 Å². The van der Waals surface area contributed by atoms with Crippen LogP contribution in [0.1, 0.15) is 37.9 Å². The number of hydrogen-bond acceptors (Lipinski definition) is 9. The van der Waals surface area contributed by atoms with Gasteiger partial charge in [0.1, 0.15) is 5.75 Å². The van der Waals surface area contributed by atoms with Gasteiger partial charge in [-0.15, -0.1) is 0 Å². The first-order valence-corrected chi connectivity index (χ1v) is 11.7. The molecular weight excluding hydrogens is 486 g/mol. The third kappa shape index (κ3) is 4.73. The van der Waals surface area contributed by atoms with Gasteiger partial charge >= 0.3 is 11.9 Å². The summed E-state index contributed by atoms with van der Waals surface area (Å²) in [7, 11) is 0. The number of nitrogens with zero attached hydrogens (tertiary/aromatic N) is 3. The number of carbonyl (C=O) groups is 2. The summed E-state index contributed by atoms with van der Waals surface area (Å²) in [5.41, 5.74) is 0.838. The zero-order valence-electron chi connectivity index (χ0n) is 19.6. The minimum atomic E-state index is -0.861. The molecule has 10 nitrogen and oxygen atoms in total. The van der Waals surface area contributed by atoms with E-state index < -0.39 is 28.5 Å². The van der Waals surface area contributed by atoms with E-state index in [4.69, 9.17) is 9.47 Å². The Hall–Kier alpha value is -4.38. The number of nitro benzene ring substituents is 1. The molecule has 36 heavy (non-hydrogen) atoms. The van der Waals surface area contributed by atoms with Crippen molar-refractivity contribution in [1.82, 2.24) is 4.57 Å². The Morgan fingerprint density at radius 2 is 1.89 bits per heavy atom. The molecule has 0 aliphatic carbocycles. The standard InChI is InChI=1S/C25H21N3O7S/c1-4-34-24(31)21-14(2)26-25-27(22(21)16-9-11-18(12-10-16)35-15(3)29)23(30)20(36-25)13-17-7-5-6-8-19(17)28(32)33/h5-13,22H,4H2,1-3H3/t22-/m1/s1. The molecule has 1 atom stereocenters. The van der Waals surface area contributed by atoms with E-state index in [2.05, 4.69) is 4.99 Å². The topological polar surface area (TPSA) is 130 Å². The normalized spacial score (nSPS) is 15.2. The highest BCUT2D eigenvalue weighted by molar-refractivity contribution is 7.07. The van der Waals surface area contributed by atoms with Gasteiger partial charge in [0.05, 0.1) is 38.9 Å². The molecule has 0 fully saturated rings. The summed E-state index contributed by atoms with van der Waals surface area (Å²) in [5.74, 6) is -0.775. The highest BCUT2D eigenvalue weighted by Gasteiger charge is 2.33. The summed E-state index contributed by atoms with van der Waals surface area (Å²) in [5, 5.41) is 11.4. The molecule has 0 saturated heterocycles. The Morgan fingerprint density at radius 3 is 2.53 bits per heavy atom. The van der Waals surface area contributed by atoms with E-state index in [9.17, 15) is 24.5 Å². The maximum absolute atomic E-state index is 13.6. The molecule has 0 radical (unpaired) electrons. The summed E-state index contributed by atoms with van der Waals surface area (Å²) in [6.07, 6.45) is 1.45. The number of esters is 2. The van der Waals surface area contributed by atoms with Crippen LogP contribution in [0.15, 0.2) is 69.6 Å². The highest BCUT2D eigenvalue weighted by atomic mass is 32.1. The lowest BCUT2D eigenvalue weighted by molar-refractivity contribution is -0.385. The van der Waals surface area contributed by atoms with E-state index in [1.54, 1.807) is 56.3 Å². The van der Waals surface area contributed by atoms with Crippen molar-refractivity contribution < 1.29 is 24.0 Å². The first-order chi connectivity index (χ1) is 17.2. The van der Waals surface area contributed by atoms with Crippen LogP contribution in [-0.2, 0) is 14.3 Å². The smallest absolute Gasteiger partial charge is 0.338 e. The summed E-state index contributed by atoms with van der Waals surface area (Å²) >= 11 is 1.07. The molecule has 0 saturated carbocycles. The van der Waals surface area contributed by atoms with E-state index in [1.807, 2.05) is 0 Å². The highest BCUT2D eigenvalue weighted by Crippen LogP contribution is 2.31. The number of para-hydroxylation sites is 1. The molecule has 1 aromatic heterocycles. The first kappa shape index (κ1) is 24.7. The lowest BCUT2D eigenvalue weighted by atomic mass is 9.96. The lowest BCUT2D eigenvalue weighted by Crippen LogP contribution is -2.39. The molecule has 0 N–H and O–H groups in total. The van der Waals surface area contributed by atoms with Crippen molar-refractivity contribution in [2.75, 3.05) is 6.61 Å². The Labute approximate surface area is 208 Å². The Kier molecular flexibility index (Phi) is 6.93. The van der Waals surface area contributed by atoms with Crippen LogP contribution in [0.2, 0.25) is 0 Å². The predicted octanol–water partition coefficient (Wildman–Crippen LogP) is 2.63. The number of nitro groups is 1. The van der Waals surface area contributed by atoms with Crippen molar-refractivity contribution in [3.05, 3.63) is 101 Å². The number of ether oxygens (including phenoxy) is 2. The minimum Gasteiger partial charge on any atom is -0.463 e. The van der Waals surface area contributed by atoms with Crippen molar-refractivity contribution in [3.63, 3.8) is 0 Å². The van der Waals surface area contributed by atoms with Crippen LogP contribution < -0.4 is 19.6 Å². The van der Waals surface area contributed by atoms with Gasteiger partial charge in [-0.3, -0.25) is 24.3 Å². The fraction of sp³-hybridized carbons (Fsp3) is 0.200. The second-order valence-electron chi connectivity index (χ2n) is 7.78. The van der Waals surface area contributed by atoms with Crippen LogP contribution in [0.25, 0.3) is 6.08 Å². The molecule has 0 bridgehead atoms. The summed E-state index contributed by atoms with van der Waals surface area (Å²) < 4.78 is 12.0. The molecule has 0 spiro atoms. The van der Waals surface area contributed by atoms with Crippen LogP contribution in [0, 0.1) is 10.1 Å². The molecule has 0 unspecified atom stereocenters. The van der Waals surface area contributed by atoms with Crippen molar-refractivity contribution in [1.29, 1.82) is 0 Å². The SMILES string of the molecule is CCOC(=O)C1=C(C)N=c2sc(=Cc3ccccc3[N+](=O)[O-])c(=O)n2[C@@H]1c1ccc(OC(C)=O)cc1. The fourth-order valence-corrected chi connectivity index (χ4v) is 4.95. The van der Waals surface area contributed by atoms with Gasteiger partial charge in [-0.1, -0.05) is 35.6 Å². The second-order valence-corrected chi connectivity index (χ2v) is 8.79. The number of hydrogen-bond donors (Lipinski definition) is 0. The number of carbonyl (C=O) groups excluding carboxylic acids is 2. The van der Waals surface area contributed by atoms with E-state index in [0.717, 1.165) is 11.3 Å². The van der Waals surface area contributed by atoms with Crippen LogP contribution in [0.5, 0.6) is 5.75 Å². The van der Waals surface area contributed by atoms with Gasteiger partial charge < -0.3 is 9.47 Å². The molecule has 2 aromatic carbocycles. The largest absolute Gasteiger partial charge is 0.463 e. The monoisotopic (exact) mass is 507 g/mol. The van der Waals surface area contributed by atoms with E-state index in [-0.39, 0.29) is 28.0 Å². The predicted molar refractivity (Wildman–Crippen MR) is 131 cm³/mol. The minimum absolute atomic E-state index is 0.135. The van der Waals surface area contributed by atoms with Crippen LogP contribution in [0.3, 0.4) is 0 Å². The molecule has 4 rings (SSSR count). The van der Waals surface area contributed by atoms with Crippen molar-refractivity contribution in [3.8, 4) is 5.75 Å². The number of rotatable bonds is 6. The lowest BCUT2D eigenvalue weighted by Gasteiger charge is -2.24. The van der Waals surface area contributed by atoms with Gasteiger partial charge in [0, 0.05) is 13.0 Å². The Balaban J connectivity index is 1.93. The van der Waals surface area contributed by atoms with E-state index >= 15 is 0 Å². The molecule has 1 aliphatic rings. The Morgan fingerprint density at radius 1 is 1.19 bits per heavy atom. The summed E-state index contributed by atoms with van der Waals surface area (Å²) in [6.45, 7) is 4.76. The molecule has 0 amide bonds. The fourth-order valence-electron chi connectivity index (χ4n) is 3.91. The quantitative estimate of drug-likeness (QED) is 0.217. The average molecular weight is 508 g/mol. The number of thiazole rings is 1. The maximum Gasteiger partial charge on any atom is 0.338 e. The zero-order chi connectivity index (χ0) is 26.0. The van der Waals surface area contributed by atoms with Gasteiger partial charge in [0.25, 0.3) is 11.2 Å². The van der Waals surface area contributed by atoms with Gasteiger partial charge in [0.15, 0.2) is 4.80 Å². The Bertz CT molecular complexity index is 1580. The number of fused-ring (bicyclic) bond motifs is 1. The molecule has 184 valence electrons. The zero-order valence-corrected chi connectivity index (χ0v) is 20.4. The third-order valence-electron chi connectivity index (χ3n) is 5.39. The van der Waals surface area contributed by atoms with Gasteiger partial charge in [-0.25, -0.2) is 9.79 Å². The van der Waals surface area contributed by atoms with Crippen molar-refractivity contribution >= 4 is 35.0 Å². The number of aromatic nitrogens is 1. The molecular formula is C25H21N3O7S. The first-order valence-electron chi connectivity index (χ1n) is 10.9. The molecule has 2 heterocycles. The van der Waals surface area contributed by atoms with Gasteiger partial charge in [-0.05, 0) is 43.7 Å². The van der Waals surface area contributed by atoms with Crippen LogP contribution in [0.4, 0.5) is 5.69 Å². The average Bonchev–Trinajstić information content (AvgIpc) is 3.13. The maximum atomic E-state index is 13.6. The van der Waals surface area contributed by atoms with Crippen molar-refractivity contribution in [2.45, 2.75) is 26.8 Å². The molecule has 11 heteroatoms. The van der Waals surface area contributed by atoms with Crippen LogP contribution in [-0.4, -0.2) is 28.0 Å². The summed E-state index contributed by atoms with van der Waals surface area (Å²) in [4.78, 5) is 53.6. The molecule has 3 aromatic rings. The van der Waals surface area contributed by atoms with Gasteiger partial charge in [-0.2, -0.15) is 0 Å².